The number of nitrogens with one attached hydrogen (secondary N) is 2. The summed E-state index contributed by atoms with van der Waals surface area (Å²) in [6.07, 6.45) is -0.560. The highest BCUT2D eigenvalue weighted by atomic mass is 16.7. The Hall–Kier alpha value is -1.14. The van der Waals surface area contributed by atoms with Crippen molar-refractivity contribution in [3.8, 4) is 0 Å². The first-order valence-electron chi connectivity index (χ1n) is 3.62. The van der Waals surface area contributed by atoms with Crippen LogP contribution in [0.2, 0.25) is 0 Å². The van der Waals surface area contributed by atoms with Crippen molar-refractivity contribution >= 4 is 11.9 Å². The van der Waals surface area contributed by atoms with Gasteiger partial charge in [0, 0.05) is 6.54 Å². The maximum absolute atomic E-state index is 11.0. The van der Waals surface area contributed by atoms with Crippen LogP contribution in [-0.4, -0.2) is 35.7 Å². The zero-order valence-electron chi connectivity index (χ0n) is 6.11. The van der Waals surface area contributed by atoms with Crippen LogP contribution in [0.25, 0.3) is 0 Å². The molecule has 0 saturated carbocycles. The molecule has 2 heterocycles. The second-order valence-electron chi connectivity index (χ2n) is 2.88. The van der Waals surface area contributed by atoms with E-state index < -0.39 is 18.1 Å². The number of amides is 1. The van der Waals surface area contributed by atoms with Crippen LogP contribution in [0, 0.1) is 5.92 Å². The minimum absolute atomic E-state index is 0.240. The van der Waals surface area contributed by atoms with E-state index in [4.69, 9.17) is 9.94 Å². The number of fused-ring (bicyclic) bond motifs is 1. The Labute approximate surface area is 67.8 Å². The number of carbonyl (C=O) groups is 2. The number of carboxylic acid groups (broad SMARTS) is 1. The van der Waals surface area contributed by atoms with Crippen molar-refractivity contribution in [3.63, 3.8) is 0 Å². The second-order valence-corrected chi connectivity index (χ2v) is 2.88. The lowest BCUT2D eigenvalue weighted by atomic mass is 10.0. The largest absolute Gasteiger partial charge is 0.480 e. The number of rotatable bonds is 1. The summed E-state index contributed by atoms with van der Waals surface area (Å²) in [5.41, 5.74) is 2.16. The van der Waals surface area contributed by atoms with Gasteiger partial charge in [-0.25, -0.2) is 5.48 Å². The molecule has 2 aliphatic heterocycles. The summed E-state index contributed by atoms with van der Waals surface area (Å²) in [6.45, 7) is 0.369. The Morgan fingerprint density at radius 2 is 2.42 bits per heavy atom. The van der Waals surface area contributed by atoms with Crippen molar-refractivity contribution in [1.29, 1.82) is 0 Å². The number of hydrogen-bond donors (Lipinski definition) is 3. The molecule has 0 bridgehead atoms. The quantitative estimate of drug-likeness (QED) is 0.429. The molecular formula is C6H8N2O4. The molecule has 0 aromatic heterocycles. The van der Waals surface area contributed by atoms with Crippen LogP contribution < -0.4 is 10.8 Å². The Bertz CT molecular complexity index is 242. The molecule has 2 aliphatic rings. The van der Waals surface area contributed by atoms with Gasteiger partial charge >= 0.3 is 5.97 Å². The van der Waals surface area contributed by atoms with Gasteiger partial charge in [-0.2, -0.15) is 0 Å². The average molecular weight is 172 g/mol. The molecule has 1 amide bonds. The van der Waals surface area contributed by atoms with E-state index in [0.717, 1.165) is 0 Å². The molecule has 2 saturated heterocycles. The van der Waals surface area contributed by atoms with E-state index in [-0.39, 0.29) is 11.8 Å². The average Bonchev–Trinajstić information content (AvgIpc) is 2.53. The monoisotopic (exact) mass is 172 g/mol. The molecule has 6 heteroatoms. The molecule has 6 nitrogen and oxygen atoms in total. The van der Waals surface area contributed by atoms with Crippen molar-refractivity contribution in [2.75, 3.05) is 6.54 Å². The molecule has 3 atom stereocenters. The summed E-state index contributed by atoms with van der Waals surface area (Å²) in [5.74, 6) is -1.58. The number of carboxylic acids is 1. The lowest BCUT2D eigenvalue weighted by molar-refractivity contribution is -0.143. The zero-order chi connectivity index (χ0) is 8.72. The van der Waals surface area contributed by atoms with Crippen molar-refractivity contribution in [3.05, 3.63) is 0 Å². The predicted octanol–water partition coefficient (Wildman–Crippen LogP) is -1.91. The Kier molecular flexibility index (Phi) is 1.52. The SMILES string of the molecule is O=C1NO[C@@H]2[C@@H]1CN[C@H]2C(=O)O. The lowest BCUT2D eigenvalue weighted by Crippen LogP contribution is -2.40. The van der Waals surface area contributed by atoms with Crippen LogP contribution in [0.5, 0.6) is 0 Å². The van der Waals surface area contributed by atoms with E-state index in [0.29, 0.717) is 6.54 Å². The van der Waals surface area contributed by atoms with Gasteiger partial charge in [-0.1, -0.05) is 0 Å². The first-order valence-corrected chi connectivity index (χ1v) is 3.62. The molecule has 12 heavy (non-hydrogen) atoms. The van der Waals surface area contributed by atoms with Crippen molar-refractivity contribution < 1.29 is 19.5 Å². The van der Waals surface area contributed by atoms with E-state index in [1.807, 2.05) is 0 Å². The van der Waals surface area contributed by atoms with Crippen molar-refractivity contribution in [2.24, 2.45) is 5.92 Å². The van der Waals surface area contributed by atoms with E-state index in [9.17, 15) is 9.59 Å². The van der Waals surface area contributed by atoms with Gasteiger partial charge in [0.1, 0.15) is 12.1 Å². The highest BCUT2D eigenvalue weighted by Crippen LogP contribution is 2.22. The van der Waals surface area contributed by atoms with Crippen molar-refractivity contribution in [1.82, 2.24) is 10.8 Å². The fourth-order valence-corrected chi connectivity index (χ4v) is 1.54. The van der Waals surface area contributed by atoms with Gasteiger partial charge in [0.05, 0.1) is 5.92 Å². The molecular weight excluding hydrogens is 164 g/mol. The van der Waals surface area contributed by atoms with Crippen LogP contribution in [0.15, 0.2) is 0 Å². The number of carbonyl (C=O) groups excluding carboxylic acids is 1. The third-order valence-electron chi connectivity index (χ3n) is 2.18. The fraction of sp³-hybridized carbons (Fsp3) is 0.667. The Balaban J connectivity index is 2.15. The molecule has 0 aromatic carbocycles. The Morgan fingerprint density at radius 3 is 3.08 bits per heavy atom. The molecule has 0 radical (unpaired) electrons. The molecule has 0 aliphatic carbocycles. The summed E-state index contributed by atoms with van der Waals surface area (Å²) in [7, 11) is 0. The fourth-order valence-electron chi connectivity index (χ4n) is 1.54. The van der Waals surface area contributed by atoms with Gasteiger partial charge in [0.15, 0.2) is 0 Å². The molecule has 66 valence electrons. The highest BCUT2D eigenvalue weighted by molar-refractivity contribution is 5.84. The molecule has 2 fully saturated rings. The van der Waals surface area contributed by atoms with Gasteiger partial charge in [-0.15, -0.1) is 0 Å². The summed E-state index contributed by atoms with van der Waals surface area (Å²) in [6, 6.07) is -0.769. The van der Waals surface area contributed by atoms with Gasteiger partial charge in [-0.3, -0.25) is 14.4 Å². The summed E-state index contributed by atoms with van der Waals surface area (Å²) in [4.78, 5) is 26.3. The summed E-state index contributed by atoms with van der Waals surface area (Å²) < 4.78 is 0. The third-order valence-corrected chi connectivity index (χ3v) is 2.18. The minimum Gasteiger partial charge on any atom is -0.480 e. The van der Waals surface area contributed by atoms with Gasteiger partial charge < -0.3 is 10.4 Å². The predicted molar refractivity (Wildman–Crippen MR) is 35.9 cm³/mol. The van der Waals surface area contributed by atoms with Crippen LogP contribution in [-0.2, 0) is 14.4 Å². The van der Waals surface area contributed by atoms with E-state index in [2.05, 4.69) is 10.8 Å². The van der Waals surface area contributed by atoms with Crippen LogP contribution in [0.4, 0.5) is 0 Å². The molecule has 3 N–H and O–H groups in total. The smallest absolute Gasteiger partial charge is 0.323 e. The van der Waals surface area contributed by atoms with Crippen LogP contribution in [0.3, 0.4) is 0 Å². The standard InChI is InChI=1S/C6H8N2O4/c9-5-2-1-7-3(6(10)11)4(2)12-8-5/h2-4,7H,1H2,(H,8,9)(H,10,11)/t2-,3+,4+/m0/s1. The lowest BCUT2D eigenvalue weighted by Gasteiger charge is -2.10. The summed E-state index contributed by atoms with van der Waals surface area (Å²) >= 11 is 0. The van der Waals surface area contributed by atoms with E-state index >= 15 is 0 Å². The zero-order valence-corrected chi connectivity index (χ0v) is 6.11. The molecule has 0 unspecified atom stereocenters. The maximum atomic E-state index is 11.0. The van der Waals surface area contributed by atoms with Gasteiger partial charge in [-0.05, 0) is 0 Å². The topological polar surface area (TPSA) is 87.7 Å². The number of aliphatic carboxylic acids is 1. The third kappa shape index (κ3) is 0.886. The highest BCUT2D eigenvalue weighted by Gasteiger charge is 2.49. The maximum Gasteiger partial charge on any atom is 0.323 e. The van der Waals surface area contributed by atoms with Crippen LogP contribution >= 0.6 is 0 Å². The van der Waals surface area contributed by atoms with E-state index in [1.54, 1.807) is 0 Å². The van der Waals surface area contributed by atoms with E-state index in [1.165, 1.54) is 0 Å². The van der Waals surface area contributed by atoms with Crippen molar-refractivity contribution in [2.45, 2.75) is 12.1 Å². The first kappa shape index (κ1) is 7.51. The van der Waals surface area contributed by atoms with Gasteiger partial charge in [0.25, 0.3) is 5.91 Å². The van der Waals surface area contributed by atoms with Gasteiger partial charge in [0.2, 0.25) is 0 Å². The van der Waals surface area contributed by atoms with Crippen LogP contribution in [0.1, 0.15) is 0 Å². The number of hydrogen-bond acceptors (Lipinski definition) is 4. The summed E-state index contributed by atoms with van der Waals surface area (Å²) in [5, 5.41) is 11.4. The second kappa shape index (κ2) is 2.43. The Morgan fingerprint density at radius 1 is 1.67 bits per heavy atom. The first-order chi connectivity index (χ1) is 5.70. The minimum atomic E-state index is -0.987. The number of hydroxylamine groups is 1. The molecule has 0 aromatic rings. The molecule has 2 rings (SSSR count). The normalized spacial score (nSPS) is 39.3. The molecule has 0 spiro atoms.